The topological polar surface area (TPSA) is 156 Å². The molecule has 3 heterocycles. The van der Waals surface area contributed by atoms with E-state index in [1.807, 2.05) is 59.0 Å². The summed E-state index contributed by atoms with van der Waals surface area (Å²) in [6.07, 6.45) is 4.64. The highest BCUT2D eigenvalue weighted by Gasteiger charge is 2.59. The molecule has 9 atom stereocenters. The van der Waals surface area contributed by atoms with Gasteiger partial charge in [0.2, 0.25) is 0 Å². The normalized spacial score (nSPS) is 33.8. The molecule has 2 aromatic rings. The number of hydrogen-bond acceptors (Lipinski definition) is 10. The van der Waals surface area contributed by atoms with E-state index >= 15 is 0 Å². The maximum Gasteiger partial charge on any atom is 0.411 e. The van der Waals surface area contributed by atoms with Crippen molar-refractivity contribution in [3.63, 3.8) is 0 Å². The number of benzene rings is 1. The molecule has 13 heteroatoms. The van der Waals surface area contributed by atoms with Crippen molar-refractivity contribution in [3.8, 4) is 11.3 Å². The quantitative estimate of drug-likeness (QED) is 0.152. The van der Waals surface area contributed by atoms with Crippen LogP contribution in [0.25, 0.3) is 11.3 Å². The van der Waals surface area contributed by atoms with Crippen molar-refractivity contribution in [1.29, 1.82) is 0 Å². The van der Waals surface area contributed by atoms with Gasteiger partial charge in [-0.2, -0.15) is 0 Å². The Kier molecular flexibility index (Phi) is 11.2. The molecule has 1 aromatic carbocycles. The molecule has 2 fully saturated rings. The molecule has 12 nitrogen and oxygen atoms in total. The zero-order chi connectivity index (χ0) is 35.6. The third-order valence-electron chi connectivity index (χ3n) is 10.7. The molecule has 0 spiro atoms. The molecule has 2 saturated heterocycles. The smallest absolute Gasteiger partial charge is 0.411 e. The number of esters is 1. The predicted molar refractivity (Wildman–Crippen MR) is 184 cm³/mol. The second-order valence-corrected chi connectivity index (χ2v) is 13.9. The lowest BCUT2D eigenvalue weighted by Gasteiger charge is -2.43. The summed E-state index contributed by atoms with van der Waals surface area (Å²) in [5.41, 5.74) is 5.88. The number of fused-ring (bicyclic) bond motifs is 1. The van der Waals surface area contributed by atoms with Crippen molar-refractivity contribution in [2.75, 3.05) is 19.4 Å². The number of carbonyl (C=O) groups is 4. The largest absolute Gasteiger partial charge is 0.458 e. The maximum atomic E-state index is 14.2. The maximum absolute atomic E-state index is 14.2. The second kappa shape index (κ2) is 14.6. The molecule has 1 amide bonds. The highest BCUT2D eigenvalue weighted by Crippen LogP contribution is 2.43. The Balaban J connectivity index is 1.64. The Morgan fingerprint density at radius 2 is 1.75 bits per heavy atom. The standard InChI is InChI=1S/C35H50BN5O7/c1-9-27-35(7)31(22(4)28(42)20(2)18-34(6,46-8)30(36)21(3)29(43)23(5)32(44)47-27)41(33(45)48-35)16-11-10-15-40-19-26(38-39-40)24-13-12-14-25(37)17-24/h10-14,17,19-23,27,30-31H,9,15-16,18,36-37H2,1-8H3/b11-10+/t20-,21+,22+,23-,27-,30-,31-,34-,35-/m1/s1. The van der Waals surface area contributed by atoms with Crippen molar-refractivity contribution < 1.29 is 33.4 Å². The predicted octanol–water partition coefficient (Wildman–Crippen LogP) is 3.90. The number of ketones is 2. The molecule has 4 rings (SSSR count). The first kappa shape index (κ1) is 36.8. The van der Waals surface area contributed by atoms with Crippen LogP contribution in [0.5, 0.6) is 0 Å². The first-order chi connectivity index (χ1) is 22.6. The van der Waals surface area contributed by atoms with E-state index in [2.05, 4.69) is 10.3 Å². The molecule has 0 unspecified atom stereocenters. The average Bonchev–Trinajstić information content (AvgIpc) is 3.64. The van der Waals surface area contributed by atoms with E-state index < -0.39 is 59.1 Å². The lowest BCUT2D eigenvalue weighted by molar-refractivity contribution is -0.171. The Morgan fingerprint density at radius 1 is 1.06 bits per heavy atom. The van der Waals surface area contributed by atoms with Crippen LogP contribution in [0.2, 0.25) is 5.82 Å². The number of anilines is 1. The molecule has 48 heavy (non-hydrogen) atoms. The van der Waals surface area contributed by atoms with Gasteiger partial charge in [0.15, 0.2) is 5.60 Å². The lowest BCUT2D eigenvalue weighted by atomic mass is 9.62. The van der Waals surface area contributed by atoms with Crippen LogP contribution < -0.4 is 5.73 Å². The summed E-state index contributed by atoms with van der Waals surface area (Å²) in [7, 11) is 3.49. The molecule has 1 aromatic heterocycles. The number of carbonyl (C=O) groups excluding carboxylic acids is 4. The Morgan fingerprint density at radius 3 is 2.40 bits per heavy atom. The van der Waals surface area contributed by atoms with Gasteiger partial charge in [0, 0.05) is 42.7 Å². The van der Waals surface area contributed by atoms with Gasteiger partial charge in [-0.25, -0.2) is 9.48 Å². The number of nitrogens with two attached hydrogens (primary N) is 1. The van der Waals surface area contributed by atoms with Crippen molar-refractivity contribution >= 4 is 37.2 Å². The molecule has 0 bridgehead atoms. The molecule has 0 saturated carbocycles. The number of methoxy groups -OCH3 is 1. The SMILES string of the molecule is B[C@@H]1[C@@H](C)C(=O)[C@@H](C)C(=O)O[C@H](CC)[C@@]2(C)OC(=O)N(C/C=C/Cn3cc(-c4cccc(N)c4)nn3)[C@@H]2[C@@H](C)C(=O)[C@H](C)C[C@@]1(C)OC. The number of nitrogens with zero attached hydrogens (tertiary/aromatic N) is 4. The lowest BCUT2D eigenvalue weighted by Crippen LogP contribution is -2.58. The van der Waals surface area contributed by atoms with Gasteiger partial charge in [-0.05, 0) is 51.6 Å². The number of aromatic nitrogens is 3. The third kappa shape index (κ3) is 7.21. The van der Waals surface area contributed by atoms with Gasteiger partial charge in [-0.3, -0.25) is 19.3 Å². The zero-order valence-electron chi connectivity index (χ0n) is 29.6. The van der Waals surface area contributed by atoms with E-state index in [1.54, 1.807) is 51.7 Å². The monoisotopic (exact) mass is 663 g/mol. The fourth-order valence-corrected chi connectivity index (χ4v) is 7.43. The van der Waals surface area contributed by atoms with E-state index in [9.17, 15) is 19.2 Å². The summed E-state index contributed by atoms with van der Waals surface area (Å²) in [5.74, 6) is -4.02. The minimum atomic E-state index is -1.36. The van der Waals surface area contributed by atoms with Crippen molar-refractivity contribution in [2.24, 2.45) is 23.7 Å². The van der Waals surface area contributed by atoms with E-state index in [-0.39, 0.29) is 23.9 Å². The summed E-state index contributed by atoms with van der Waals surface area (Å²) < 4.78 is 19.7. The van der Waals surface area contributed by atoms with Crippen LogP contribution in [0, 0.1) is 23.7 Å². The van der Waals surface area contributed by atoms with E-state index in [0.29, 0.717) is 30.8 Å². The van der Waals surface area contributed by atoms with Crippen LogP contribution in [0.15, 0.2) is 42.6 Å². The van der Waals surface area contributed by atoms with E-state index in [4.69, 9.17) is 19.9 Å². The van der Waals surface area contributed by atoms with Gasteiger partial charge < -0.3 is 19.9 Å². The fourth-order valence-electron chi connectivity index (χ4n) is 7.43. The summed E-state index contributed by atoms with van der Waals surface area (Å²) in [6, 6.07) is 6.62. The minimum Gasteiger partial charge on any atom is -0.458 e. The molecule has 2 N–H and O–H groups in total. The number of hydrogen-bond donors (Lipinski definition) is 1. The molecule has 2 aliphatic rings. The van der Waals surface area contributed by atoms with Gasteiger partial charge >= 0.3 is 12.1 Å². The van der Waals surface area contributed by atoms with Crippen LogP contribution in [0.4, 0.5) is 10.5 Å². The average molecular weight is 664 g/mol. The highest BCUT2D eigenvalue weighted by molar-refractivity contribution is 6.15. The van der Waals surface area contributed by atoms with E-state index in [1.165, 1.54) is 4.90 Å². The molecule has 2 aliphatic heterocycles. The summed E-state index contributed by atoms with van der Waals surface area (Å²) in [5, 5.41) is 8.43. The van der Waals surface area contributed by atoms with Gasteiger partial charge in [-0.1, -0.05) is 57.2 Å². The van der Waals surface area contributed by atoms with Crippen LogP contribution in [-0.2, 0) is 35.1 Å². The van der Waals surface area contributed by atoms with Gasteiger partial charge in [0.1, 0.15) is 37.1 Å². The first-order valence-corrected chi connectivity index (χ1v) is 16.8. The number of nitrogen functional groups attached to an aromatic ring is 1. The Labute approximate surface area is 284 Å². The first-order valence-electron chi connectivity index (χ1n) is 16.8. The Hall–Kier alpha value is -4.00. The van der Waals surface area contributed by atoms with Crippen LogP contribution >= 0.6 is 0 Å². The molecule has 260 valence electrons. The van der Waals surface area contributed by atoms with Crippen molar-refractivity contribution in [1.82, 2.24) is 19.9 Å². The molecule has 0 aliphatic carbocycles. The van der Waals surface area contributed by atoms with Crippen LogP contribution in [0.3, 0.4) is 0 Å². The minimum absolute atomic E-state index is 0.0729. The number of amides is 1. The third-order valence-corrected chi connectivity index (χ3v) is 10.7. The summed E-state index contributed by atoms with van der Waals surface area (Å²) in [4.78, 5) is 56.3. The number of allylic oxidation sites excluding steroid dienone is 1. The van der Waals surface area contributed by atoms with Gasteiger partial charge in [0.05, 0.1) is 24.4 Å². The zero-order valence-corrected chi connectivity index (χ0v) is 29.6. The summed E-state index contributed by atoms with van der Waals surface area (Å²) >= 11 is 0. The summed E-state index contributed by atoms with van der Waals surface area (Å²) in [6.45, 7) is 13.0. The fraction of sp³-hybridized carbons (Fsp3) is 0.600. The second-order valence-electron chi connectivity index (χ2n) is 13.9. The van der Waals surface area contributed by atoms with Crippen molar-refractivity contribution in [2.45, 2.75) is 97.0 Å². The number of cyclic esters (lactones) is 1. The number of Topliss-reactive ketones (excluding diaryl/α,β-unsaturated/α-hetero) is 2. The molecular formula is C35H50BN5O7. The molecule has 0 radical (unpaired) electrons. The van der Waals surface area contributed by atoms with E-state index in [0.717, 1.165) is 5.56 Å². The van der Waals surface area contributed by atoms with Crippen LogP contribution in [0.1, 0.15) is 61.3 Å². The van der Waals surface area contributed by atoms with Gasteiger partial charge in [-0.15, -0.1) is 5.10 Å². The Bertz CT molecular complexity index is 1550. The van der Waals surface area contributed by atoms with Crippen molar-refractivity contribution in [3.05, 3.63) is 42.6 Å². The number of ether oxygens (including phenoxy) is 3. The molecular weight excluding hydrogens is 613 g/mol. The highest BCUT2D eigenvalue weighted by atomic mass is 16.6. The van der Waals surface area contributed by atoms with Crippen LogP contribution in [-0.4, -0.2) is 88.4 Å². The van der Waals surface area contributed by atoms with Gasteiger partial charge in [0.25, 0.3) is 0 Å². The number of rotatable bonds is 7.